The van der Waals surface area contributed by atoms with Crippen molar-refractivity contribution in [1.29, 1.82) is 0 Å². The number of pyridine rings is 2. The van der Waals surface area contributed by atoms with Gasteiger partial charge in [0, 0.05) is 42.4 Å². The number of nitrogens with one attached hydrogen (secondary N) is 2. The minimum atomic E-state index is 0.302. The van der Waals surface area contributed by atoms with E-state index in [0.717, 1.165) is 59.8 Å². The van der Waals surface area contributed by atoms with E-state index >= 15 is 0 Å². The van der Waals surface area contributed by atoms with Crippen molar-refractivity contribution >= 4 is 11.3 Å². The topological polar surface area (TPSA) is 207 Å². The van der Waals surface area contributed by atoms with Gasteiger partial charge >= 0.3 is 0 Å². The summed E-state index contributed by atoms with van der Waals surface area (Å²) >= 11 is 0. The Morgan fingerprint density at radius 3 is 1.63 bits per heavy atom. The summed E-state index contributed by atoms with van der Waals surface area (Å²) in [5, 5.41) is 40.9. The highest BCUT2D eigenvalue weighted by Crippen LogP contribution is 2.24. The molecule has 0 amide bonds. The first-order valence-corrected chi connectivity index (χ1v) is 22.3. The number of rotatable bonds is 18. The van der Waals surface area contributed by atoms with Crippen LogP contribution in [0.5, 0.6) is 11.8 Å². The summed E-state index contributed by atoms with van der Waals surface area (Å²) in [6.07, 6.45) is 1.96. The van der Waals surface area contributed by atoms with E-state index in [1.807, 2.05) is 88.4 Å². The molecule has 18 heteroatoms. The first-order chi connectivity index (χ1) is 33.3. The number of hydrogen-bond acceptors (Lipinski definition) is 16. The number of ether oxygens (including phenoxy) is 2. The Labute approximate surface area is 391 Å². The molecule has 10 aromatic rings. The van der Waals surface area contributed by atoms with Gasteiger partial charge in [0.2, 0.25) is 23.4 Å². The molecule has 344 valence electrons. The van der Waals surface area contributed by atoms with Crippen molar-refractivity contribution in [2.24, 2.45) is 0 Å². The second-order valence-corrected chi connectivity index (χ2v) is 16.1. The third-order valence-electron chi connectivity index (χ3n) is 10.7. The number of benzene rings is 2. The van der Waals surface area contributed by atoms with E-state index in [1.165, 1.54) is 11.1 Å². The van der Waals surface area contributed by atoms with Crippen molar-refractivity contribution in [2.75, 3.05) is 13.1 Å². The molecule has 0 atom stereocenters. The smallest absolute Gasteiger partial charge is 0.235 e. The van der Waals surface area contributed by atoms with Crippen LogP contribution >= 0.6 is 0 Å². The number of aromatic nitrogens is 12. The molecule has 8 heterocycles. The largest absolute Gasteiger partial charge is 0.470 e. The molecule has 0 unspecified atom stereocenters. The molecule has 2 N–H and O–H groups in total. The quantitative estimate of drug-likeness (QED) is 0.0804. The van der Waals surface area contributed by atoms with Gasteiger partial charge in [-0.2, -0.15) is 9.03 Å². The Bertz CT molecular complexity index is 3220. The Kier molecular flexibility index (Phi) is 14.1. The number of fused-ring (bicyclic) bond motifs is 2. The standard InChI is InChI=1S/2C25H25N7O2/c1-17-13-23-28-29-24(22-14-18(2)34-31-22)32(23)30-25(17)33-16-21-10-6-9-20(27-21)15-26-12-11-19-7-4-3-5-8-19;1-17-13-23(30-32-24(17)28-29-25(32)22-14-18(2)34-31-22)33-16-21-10-6-9-20(27-21)15-26-12-11-19-7-4-3-5-8-19/h2*3-10,13-14,26H,11-12,15-16H2,1-2H3. The summed E-state index contributed by atoms with van der Waals surface area (Å²) in [6.45, 7) is 11.3. The van der Waals surface area contributed by atoms with Gasteiger partial charge in [-0.25, -0.2) is 0 Å². The van der Waals surface area contributed by atoms with Crippen LogP contribution in [0, 0.1) is 27.7 Å². The molecule has 0 aliphatic carbocycles. The number of hydrogen-bond donors (Lipinski definition) is 2. The molecule has 0 saturated heterocycles. The average molecular weight is 911 g/mol. The van der Waals surface area contributed by atoms with Crippen molar-refractivity contribution in [3.8, 4) is 34.8 Å². The zero-order valence-electron chi connectivity index (χ0n) is 38.2. The maximum Gasteiger partial charge on any atom is 0.235 e. The lowest BCUT2D eigenvalue weighted by Gasteiger charge is -2.10. The second kappa shape index (κ2) is 21.4. The molecule has 0 spiro atoms. The number of aryl methyl sites for hydroxylation is 4. The van der Waals surface area contributed by atoms with E-state index < -0.39 is 0 Å². The second-order valence-electron chi connectivity index (χ2n) is 16.1. The van der Waals surface area contributed by atoms with Crippen LogP contribution in [0.3, 0.4) is 0 Å². The maximum absolute atomic E-state index is 6.02. The van der Waals surface area contributed by atoms with E-state index in [4.69, 9.17) is 28.5 Å². The van der Waals surface area contributed by atoms with Crippen molar-refractivity contribution in [2.45, 2.75) is 66.8 Å². The van der Waals surface area contributed by atoms with E-state index in [0.29, 0.717) is 83.9 Å². The monoisotopic (exact) mass is 910 g/mol. The average Bonchev–Trinajstić information content (AvgIpc) is 4.19. The molecule has 68 heavy (non-hydrogen) atoms. The van der Waals surface area contributed by atoms with Crippen LogP contribution in [0.15, 0.2) is 130 Å². The lowest BCUT2D eigenvalue weighted by molar-refractivity contribution is 0.282. The Morgan fingerprint density at radius 1 is 0.515 bits per heavy atom. The molecule has 0 saturated carbocycles. The molecule has 0 fully saturated rings. The molecule has 0 aliphatic heterocycles. The zero-order valence-corrected chi connectivity index (χ0v) is 38.2. The highest BCUT2D eigenvalue weighted by molar-refractivity contribution is 5.58. The summed E-state index contributed by atoms with van der Waals surface area (Å²) in [7, 11) is 0. The molecular formula is C50H50N14O4. The first kappa shape index (κ1) is 45.0. The summed E-state index contributed by atoms with van der Waals surface area (Å²) in [4.78, 5) is 9.42. The predicted octanol–water partition coefficient (Wildman–Crippen LogP) is 7.40. The lowest BCUT2D eigenvalue weighted by Crippen LogP contribution is -2.18. The van der Waals surface area contributed by atoms with Crippen LogP contribution in [-0.2, 0) is 39.1 Å². The van der Waals surface area contributed by atoms with Crippen LogP contribution in [0.2, 0.25) is 0 Å². The van der Waals surface area contributed by atoms with Crippen molar-refractivity contribution in [3.05, 3.63) is 178 Å². The van der Waals surface area contributed by atoms with Gasteiger partial charge in [-0.05, 0) is 95.1 Å². The van der Waals surface area contributed by atoms with Crippen LogP contribution in [0.4, 0.5) is 0 Å². The third-order valence-corrected chi connectivity index (χ3v) is 10.7. The van der Waals surface area contributed by atoms with E-state index in [1.54, 1.807) is 21.2 Å². The molecule has 10 rings (SSSR count). The van der Waals surface area contributed by atoms with Crippen LogP contribution < -0.4 is 20.1 Å². The zero-order chi connectivity index (χ0) is 46.7. The molecular weight excluding hydrogens is 861 g/mol. The van der Waals surface area contributed by atoms with Gasteiger partial charge in [0.15, 0.2) is 22.7 Å². The molecule has 0 aliphatic rings. The van der Waals surface area contributed by atoms with Crippen LogP contribution in [0.1, 0.15) is 56.6 Å². The first-order valence-electron chi connectivity index (χ1n) is 22.3. The Hall–Kier alpha value is -8.22. The number of nitrogens with zero attached hydrogens (tertiary/aromatic N) is 12. The van der Waals surface area contributed by atoms with E-state index in [-0.39, 0.29) is 0 Å². The summed E-state index contributed by atoms with van der Waals surface area (Å²) < 4.78 is 25.6. The van der Waals surface area contributed by atoms with Crippen molar-refractivity contribution in [3.63, 3.8) is 0 Å². The van der Waals surface area contributed by atoms with Crippen LogP contribution in [-0.4, -0.2) is 73.0 Å². The van der Waals surface area contributed by atoms with Gasteiger partial charge in [0.25, 0.3) is 0 Å². The Morgan fingerprint density at radius 2 is 1.06 bits per heavy atom. The van der Waals surface area contributed by atoms with Gasteiger partial charge in [-0.3, -0.25) is 9.97 Å². The normalized spacial score (nSPS) is 11.2. The predicted molar refractivity (Wildman–Crippen MR) is 252 cm³/mol. The highest BCUT2D eigenvalue weighted by atomic mass is 16.5. The minimum absolute atomic E-state index is 0.302. The fourth-order valence-electron chi connectivity index (χ4n) is 7.27. The van der Waals surface area contributed by atoms with Crippen molar-refractivity contribution in [1.82, 2.24) is 70.5 Å². The van der Waals surface area contributed by atoms with Gasteiger partial charge < -0.3 is 29.2 Å². The van der Waals surface area contributed by atoms with Crippen molar-refractivity contribution < 1.29 is 18.5 Å². The van der Waals surface area contributed by atoms with Gasteiger partial charge in [-0.15, -0.1) is 30.6 Å². The van der Waals surface area contributed by atoms with Crippen LogP contribution in [0.25, 0.3) is 34.3 Å². The summed E-state index contributed by atoms with van der Waals surface area (Å²) in [5.74, 6) is 3.33. The fourth-order valence-corrected chi connectivity index (χ4v) is 7.27. The molecule has 0 radical (unpaired) electrons. The fraction of sp³-hybridized carbons (Fsp3) is 0.240. The van der Waals surface area contributed by atoms with Gasteiger partial charge in [0.1, 0.15) is 24.7 Å². The molecule has 0 bridgehead atoms. The summed E-state index contributed by atoms with van der Waals surface area (Å²) in [5.41, 5.74) is 10.4. The molecule has 2 aromatic carbocycles. The Balaban J connectivity index is 0.000000170. The highest BCUT2D eigenvalue weighted by Gasteiger charge is 2.18. The minimum Gasteiger partial charge on any atom is -0.470 e. The SMILES string of the molecule is Cc1cc(-c2nnc3c(C)cc(OCc4cccc(CNCCc5ccccc5)n4)nn23)no1.Cc1cc(-c2nnc3cc(C)c(OCc4cccc(CNCCc5ccccc5)n4)nn23)no1. The molecule has 8 aromatic heterocycles. The third kappa shape index (κ3) is 11.4. The van der Waals surface area contributed by atoms with E-state index in [2.05, 4.69) is 100 Å². The van der Waals surface area contributed by atoms with E-state index in [9.17, 15) is 0 Å². The van der Waals surface area contributed by atoms with Gasteiger partial charge in [0.05, 0.1) is 22.8 Å². The van der Waals surface area contributed by atoms with Gasteiger partial charge in [-0.1, -0.05) is 83.1 Å². The maximum atomic E-state index is 6.02. The summed E-state index contributed by atoms with van der Waals surface area (Å²) in [6, 6.07) is 40.1. The molecule has 18 nitrogen and oxygen atoms in total. The lowest BCUT2D eigenvalue weighted by atomic mass is 10.1.